The SMILES string of the molecule is C[C@H](NC(c1c(O)ccc2cc(Br)ccc12)[C@@H]1C=CC=C2C=CC=CC21)c1ccccc1. The third-order valence-electron chi connectivity index (χ3n) is 6.57. The van der Waals surface area contributed by atoms with Crippen molar-refractivity contribution in [2.24, 2.45) is 11.8 Å². The minimum Gasteiger partial charge on any atom is -0.508 e. The minimum absolute atomic E-state index is 0.0730. The largest absolute Gasteiger partial charge is 0.508 e. The Labute approximate surface area is 197 Å². The van der Waals surface area contributed by atoms with Crippen LogP contribution in [0.5, 0.6) is 5.75 Å². The van der Waals surface area contributed by atoms with E-state index in [0.717, 1.165) is 20.8 Å². The summed E-state index contributed by atoms with van der Waals surface area (Å²) in [7, 11) is 0. The minimum atomic E-state index is -0.0730. The van der Waals surface area contributed by atoms with Gasteiger partial charge in [0.2, 0.25) is 0 Å². The number of rotatable bonds is 5. The topological polar surface area (TPSA) is 32.3 Å². The Balaban J connectivity index is 1.64. The van der Waals surface area contributed by atoms with Gasteiger partial charge in [0.1, 0.15) is 5.75 Å². The van der Waals surface area contributed by atoms with Gasteiger partial charge in [-0.2, -0.15) is 0 Å². The van der Waals surface area contributed by atoms with Crippen LogP contribution in [0.3, 0.4) is 0 Å². The quantitative estimate of drug-likeness (QED) is 0.392. The molecule has 3 aromatic rings. The Hall–Kier alpha value is -2.88. The molecular formula is C29H26BrNO. The van der Waals surface area contributed by atoms with Gasteiger partial charge in [-0.1, -0.05) is 101 Å². The molecule has 2 nitrogen and oxygen atoms in total. The first-order valence-corrected chi connectivity index (χ1v) is 11.9. The second kappa shape index (κ2) is 8.93. The summed E-state index contributed by atoms with van der Waals surface area (Å²) in [5, 5.41) is 17.2. The van der Waals surface area contributed by atoms with Crippen molar-refractivity contribution in [3.8, 4) is 5.75 Å². The Bertz CT molecular complexity index is 1250. The summed E-state index contributed by atoms with van der Waals surface area (Å²) in [4.78, 5) is 0. The fourth-order valence-electron chi connectivity index (χ4n) is 4.96. The molecule has 160 valence electrons. The molecule has 2 aliphatic carbocycles. The fourth-order valence-corrected chi connectivity index (χ4v) is 5.34. The van der Waals surface area contributed by atoms with E-state index in [9.17, 15) is 5.11 Å². The molecule has 4 atom stereocenters. The number of hydrogen-bond acceptors (Lipinski definition) is 2. The van der Waals surface area contributed by atoms with Gasteiger partial charge in [-0.25, -0.2) is 0 Å². The lowest BCUT2D eigenvalue weighted by Crippen LogP contribution is -2.34. The van der Waals surface area contributed by atoms with Crippen molar-refractivity contribution in [3.63, 3.8) is 0 Å². The number of benzene rings is 3. The number of nitrogens with one attached hydrogen (secondary N) is 1. The van der Waals surface area contributed by atoms with E-state index in [1.807, 2.05) is 24.3 Å². The summed E-state index contributed by atoms with van der Waals surface area (Å²) in [6.45, 7) is 2.20. The maximum Gasteiger partial charge on any atom is 0.121 e. The number of halogens is 1. The average Bonchev–Trinajstić information content (AvgIpc) is 2.83. The van der Waals surface area contributed by atoms with Crippen molar-refractivity contribution in [1.82, 2.24) is 5.32 Å². The van der Waals surface area contributed by atoms with E-state index in [0.29, 0.717) is 5.75 Å². The molecule has 0 aliphatic heterocycles. The predicted octanol–water partition coefficient (Wildman–Crippen LogP) is 7.55. The van der Waals surface area contributed by atoms with Gasteiger partial charge in [0.25, 0.3) is 0 Å². The third kappa shape index (κ3) is 3.99. The summed E-state index contributed by atoms with van der Waals surface area (Å²) in [5.74, 6) is 0.760. The van der Waals surface area contributed by atoms with Crippen LogP contribution in [0.1, 0.15) is 30.1 Å². The van der Waals surface area contributed by atoms with Gasteiger partial charge in [-0.3, -0.25) is 0 Å². The van der Waals surface area contributed by atoms with Gasteiger partial charge >= 0.3 is 0 Å². The summed E-state index contributed by atoms with van der Waals surface area (Å²) >= 11 is 3.59. The molecule has 3 heteroatoms. The highest BCUT2D eigenvalue weighted by Gasteiger charge is 2.34. The smallest absolute Gasteiger partial charge is 0.121 e. The number of allylic oxidation sites excluding steroid dienone is 7. The maximum absolute atomic E-state index is 11.1. The molecular weight excluding hydrogens is 458 g/mol. The van der Waals surface area contributed by atoms with Crippen LogP contribution in [0.4, 0.5) is 0 Å². The third-order valence-corrected chi connectivity index (χ3v) is 7.06. The van der Waals surface area contributed by atoms with Crippen LogP contribution in [-0.2, 0) is 0 Å². The lowest BCUT2D eigenvalue weighted by molar-refractivity contribution is 0.333. The molecule has 32 heavy (non-hydrogen) atoms. The standard InChI is InChI=1S/C29H26BrNO/c1-19(20-8-3-2-4-9-20)31-29(26-13-7-11-21-10-5-6-12-24(21)26)28-25-16-15-23(30)18-22(25)14-17-27(28)32/h2-19,24,26,29,31-32H,1H3/t19-,24?,26+,29?/m0/s1. The number of hydrogen-bond donors (Lipinski definition) is 2. The van der Waals surface area contributed by atoms with E-state index >= 15 is 0 Å². The van der Waals surface area contributed by atoms with E-state index in [-0.39, 0.29) is 23.9 Å². The maximum atomic E-state index is 11.1. The molecule has 3 aromatic carbocycles. The van der Waals surface area contributed by atoms with Crippen LogP contribution in [-0.4, -0.2) is 5.11 Å². The first-order chi connectivity index (χ1) is 15.6. The van der Waals surface area contributed by atoms with E-state index in [4.69, 9.17) is 0 Å². The molecule has 0 bridgehead atoms. The first kappa shape index (κ1) is 21.0. The summed E-state index contributed by atoms with van der Waals surface area (Å²) in [6.07, 6.45) is 15.3. The van der Waals surface area contributed by atoms with Crippen LogP contribution in [0.25, 0.3) is 10.8 Å². The van der Waals surface area contributed by atoms with Crippen LogP contribution >= 0.6 is 15.9 Å². The van der Waals surface area contributed by atoms with Crippen molar-refractivity contribution in [2.75, 3.05) is 0 Å². The Morgan fingerprint density at radius 1 is 0.938 bits per heavy atom. The van der Waals surface area contributed by atoms with Gasteiger partial charge < -0.3 is 10.4 Å². The number of aromatic hydroxyl groups is 1. The second-order valence-electron chi connectivity index (χ2n) is 8.54. The van der Waals surface area contributed by atoms with Crippen molar-refractivity contribution in [2.45, 2.75) is 19.0 Å². The van der Waals surface area contributed by atoms with Gasteiger partial charge in [0, 0.05) is 34.0 Å². The zero-order chi connectivity index (χ0) is 22.1. The van der Waals surface area contributed by atoms with Gasteiger partial charge in [-0.05, 0) is 47.0 Å². The van der Waals surface area contributed by atoms with E-state index in [2.05, 4.69) is 107 Å². The Morgan fingerprint density at radius 3 is 2.62 bits per heavy atom. The van der Waals surface area contributed by atoms with Crippen molar-refractivity contribution < 1.29 is 5.11 Å². The van der Waals surface area contributed by atoms with Gasteiger partial charge in [0.05, 0.1) is 0 Å². The molecule has 0 saturated heterocycles. The lowest BCUT2D eigenvalue weighted by Gasteiger charge is -2.37. The second-order valence-corrected chi connectivity index (χ2v) is 9.45. The van der Waals surface area contributed by atoms with Gasteiger partial charge in [0.15, 0.2) is 0 Å². The highest BCUT2D eigenvalue weighted by atomic mass is 79.9. The van der Waals surface area contributed by atoms with Crippen LogP contribution in [0.2, 0.25) is 0 Å². The molecule has 5 rings (SSSR count). The van der Waals surface area contributed by atoms with Crippen LogP contribution in [0.15, 0.2) is 113 Å². The summed E-state index contributed by atoms with van der Waals surface area (Å²) < 4.78 is 1.03. The van der Waals surface area contributed by atoms with Gasteiger partial charge in [-0.15, -0.1) is 0 Å². The Morgan fingerprint density at radius 2 is 1.78 bits per heavy atom. The van der Waals surface area contributed by atoms with Crippen molar-refractivity contribution in [1.29, 1.82) is 0 Å². The average molecular weight is 484 g/mol. The summed E-state index contributed by atoms with van der Waals surface area (Å²) in [6, 6.07) is 20.6. The fraction of sp³-hybridized carbons (Fsp3) is 0.172. The van der Waals surface area contributed by atoms with Crippen LogP contribution in [0, 0.1) is 11.8 Å². The van der Waals surface area contributed by atoms with E-state index in [1.54, 1.807) is 0 Å². The highest BCUT2D eigenvalue weighted by molar-refractivity contribution is 9.10. The van der Waals surface area contributed by atoms with Crippen LogP contribution < -0.4 is 5.32 Å². The molecule has 0 fully saturated rings. The molecule has 0 saturated carbocycles. The molecule has 0 aromatic heterocycles. The Kier molecular flexibility index (Phi) is 5.86. The molecule has 0 heterocycles. The van der Waals surface area contributed by atoms with Crippen molar-refractivity contribution in [3.05, 3.63) is 124 Å². The normalized spacial score (nSPS) is 21.2. The molecule has 0 amide bonds. The number of phenolic OH excluding ortho intramolecular Hbond substituents is 1. The molecule has 2 unspecified atom stereocenters. The monoisotopic (exact) mass is 483 g/mol. The number of phenols is 1. The van der Waals surface area contributed by atoms with E-state index in [1.165, 1.54) is 11.1 Å². The molecule has 0 spiro atoms. The lowest BCUT2D eigenvalue weighted by atomic mass is 9.73. The molecule has 2 N–H and O–H groups in total. The zero-order valence-corrected chi connectivity index (χ0v) is 19.5. The first-order valence-electron chi connectivity index (χ1n) is 11.1. The van der Waals surface area contributed by atoms with E-state index < -0.39 is 0 Å². The van der Waals surface area contributed by atoms with Crippen molar-refractivity contribution >= 4 is 26.7 Å². The highest BCUT2D eigenvalue weighted by Crippen LogP contribution is 2.44. The number of fused-ring (bicyclic) bond motifs is 2. The predicted molar refractivity (Wildman–Crippen MR) is 137 cm³/mol. The molecule has 2 aliphatic rings. The zero-order valence-electron chi connectivity index (χ0n) is 17.9. The summed E-state index contributed by atoms with van der Waals surface area (Å²) in [5.41, 5.74) is 3.49. The molecule has 0 radical (unpaired) electrons.